The molecule has 0 aliphatic heterocycles. The number of nitrogens with zero attached hydrogens (tertiary/aromatic N) is 3. The Labute approximate surface area is 157 Å². The molecular weight excluding hydrogens is 352 g/mol. The van der Waals surface area contributed by atoms with Crippen molar-refractivity contribution in [3.05, 3.63) is 46.7 Å². The monoisotopic (exact) mass is 372 g/mol. The van der Waals surface area contributed by atoms with E-state index in [0.29, 0.717) is 16.5 Å². The van der Waals surface area contributed by atoms with Gasteiger partial charge in [-0.15, -0.1) is 0 Å². The van der Waals surface area contributed by atoms with Gasteiger partial charge in [0.15, 0.2) is 12.3 Å². The third kappa shape index (κ3) is 3.80. The van der Waals surface area contributed by atoms with Crippen molar-refractivity contribution in [1.82, 2.24) is 14.8 Å². The lowest BCUT2D eigenvalue weighted by molar-refractivity contribution is -0.118. The van der Waals surface area contributed by atoms with Crippen LogP contribution in [0, 0.1) is 13.8 Å². The van der Waals surface area contributed by atoms with Crippen molar-refractivity contribution in [2.24, 2.45) is 0 Å². The molecule has 1 N–H and O–H groups in total. The van der Waals surface area contributed by atoms with Crippen molar-refractivity contribution >= 4 is 34.2 Å². The summed E-state index contributed by atoms with van der Waals surface area (Å²) in [5, 5.41) is 8.65. The van der Waals surface area contributed by atoms with E-state index >= 15 is 0 Å². The van der Waals surface area contributed by atoms with Crippen molar-refractivity contribution in [3.8, 4) is 5.75 Å². The minimum absolute atomic E-state index is 0.0907. The number of hydrogen-bond acceptors (Lipinski definition) is 4. The quantitative estimate of drug-likeness (QED) is 0.724. The van der Waals surface area contributed by atoms with Gasteiger partial charge in [-0.25, -0.2) is 9.67 Å². The zero-order chi connectivity index (χ0) is 18.8. The van der Waals surface area contributed by atoms with Gasteiger partial charge < -0.3 is 10.1 Å². The Hall–Kier alpha value is -2.60. The van der Waals surface area contributed by atoms with Gasteiger partial charge in [0.2, 0.25) is 0 Å². The van der Waals surface area contributed by atoms with Crippen LogP contribution in [-0.2, 0) is 4.79 Å². The van der Waals surface area contributed by atoms with E-state index in [0.717, 1.165) is 22.2 Å². The van der Waals surface area contributed by atoms with E-state index in [4.69, 9.17) is 16.3 Å². The maximum absolute atomic E-state index is 12.2. The highest BCUT2D eigenvalue weighted by Crippen LogP contribution is 2.27. The molecule has 1 aromatic carbocycles. The minimum atomic E-state index is -0.254. The first-order valence-electron chi connectivity index (χ1n) is 8.38. The van der Waals surface area contributed by atoms with Crippen LogP contribution < -0.4 is 10.1 Å². The first-order valence-corrected chi connectivity index (χ1v) is 8.75. The molecule has 0 unspecified atom stereocenters. The molecule has 136 valence electrons. The number of anilines is 1. The summed E-state index contributed by atoms with van der Waals surface area (Å²) in [5.41, 5.74) is 3.19. The van der Waals surface area contributed by atoms with E-state index in [9.17, 15) is 4.79 Å². The van der Waals surface area contributed by atoms with Gasteiger partial charge in [0.05, 0.1) is 18.1 Å². The topological polar surface area (TPSA) is 69.0 Å². The second-order valence-corrected chi connectivity index (χ2v) is 6.96. The molecule has 0 aliphatic carbocycles. The number of carbonyl (C=O) groups excluding carboxylic acids is 1. The highest BCUT2D eigenvalue weighted by atomic mass is 35.5. The molecule has 0 aliphatic rings. The molecule has 0 radical (unpaired) electrons. The minimum Gasteiger partial charge on any atom is -0.483 e. The van der Waals surface area contributed by atoms with E-state index in [-0.39, 0.29) is 18.6 Å². The predicted molar refractivity (Wildman–Crippen MR) is 103 cm³/mol. The molecule has 3 rings (SSSR count). The van der Waals surface area contributed by atoms with Crippen molar-refractivity contribution in [1.29, 1.82) is 0 Å². The first kappa shape index (κ1) is 18.2. The maximum Gasteiger partial charge on any atom is 0.262 e. The predicted octanol–water partition coefficient (Wildman–Crippen LogP) is 4.30. The molecule has 0 fully saturated rings. The van der Waals surface area contributed by atoms with Gasteiger partial charge in [-0.1, -0.05) is 11.6 Å². The molecule has 2 heterocycles. The molecule has 0 saturated carbocycles. The number of aromatic nitrogens is 3. The number of nitrogens with one attached hydrogen (secondary N) is 1. The summed E-state index contributed by atoms with van der Waals surface area (Å²) in [6, 6.07) is 5.70. The van der Waals surface area contributed by atoms with E-state index in [2.05, 4.69) is 15.4 Å². The smallest absolute Gasteiger partial charge is 0.262 e. The number of carbonyl (C=O) groups is 1. The lowest BCUT2D eigenvalue weighted by Crippen LogP contribution is -2.20. The highest BCUT2D eigenvalue weighted by molar-refractivity contribution is 6.30. The molecule has 0 saturated heterocycles. The molecule has 0 bridgehead atoms. The number of ether oxygens (including phenoxy) is 1. The Kier molecular flexibility index (Phi) is 5.13. The Balaban J connectivity index is 1.68. The summed E-state index contributed by atoms with van der Waals surface area (Å²) in [5.74, 6) is 0.424. The Morgan fingerprint density at radius 2 is 1.92 bits per heavy atom. The average Bonchev–Trinajstić information content (AvgIpc) is 2.97. The SMILES string of the molecule is Cc1cc(Cl)cc(C)c1OCC(=O)Nc1cnc2c(cnn2C(C)C)c1. The fraction of sp³-hybridized carbons (Fsp3) is 0.316. The Morgan fingerprint density at radius 1 is 1.23 bits per heavy atom. The first-order chi connectivity index (χ1) is 12.3. The van der Waals surface area contributed by atoms with Gasteiger partial charge >= 0.3 is 0 Å². The molecule has 0 atom stereocenters. The average molecular weight is 373 g/mol. The molecule has 6 nitrogen and oxygen atoms in total. The molecule has 26 heavy (non-hydrogen) atoms. The summed E-state index contributed by atoms with van der Waals surface area (Å²) < 4.78 is 7.52. The van der Waals surface area contributed by atoms with Crippen molar-refractivity contribution in [2.45, 2.75) is 33.7 Å². The van der Waals surface area contributed by atoms with Crippen LogP contribution in [-0.4, -0.2) is 27.3 Å². The van der Waals surface area contributed by atoms with Crippen LogP contribution in [0.2, 0.25) is 5.02 Å². The van der Waals surface area contributed by atoms with E-state index in [1.165, 1.54) is 0 Å². The Morgan fingerprint density at radius 3 is 2.58 bits per heavy atom. The molecule has 3 aromatic rings. The van der Waals surface area contributed by atoms with E-state index in [1.807, 2.05) is 50.6 Å². The van der Waals surface area contributed by atoms with Crippen LogP contribution in [0.3, 0.4) is 0 Å². The molecule has 2 aromatic heterocycles. The lowest BCUT2D eigenvalue weighted by Gasteiger charge is -2.12. The second kappa shape index (κ2) is 7.33. The number of benzene rings is 1. The third-order valence-electron chi connectivity index (χ3n) is 3.98. The number of pyridine rings is 1. The largest absolute Gasteiger partial charge is 0.483 e. The van der Waals surface area contributed by atoms with Gasteiger partial charge in [-0.05, 0) is 57.0 Å². The lowest BCUT2D eigenvalue weighted by atomic mass is 10.1. The van der Waals surface area contributed by atoms with Crippen molar-refractivity contribution in [2.75, 3.05) is 11.9 Å². The van der Waals surface area contributed by atoms with E-state index < -0.39 is 0 Å². The number of aryl methyl sites for hydroxylation is 2. The van der Waals surface area contributed by atoms with Crippen LogP contribution in [0.5, 0.6) is 5.75 Å². The number of hydrogen-bond donors (Lipinski definition) is 1. The Bertz CT molecular complexity index is 942. The molecular formula is C19H21ClN4O2. The number of fused-ring (bicyclic) bond motifs is 1. The van der Waals surface area contributed by atoms with Gasteiger partial charge in [-0.2, -0.15) is 5.10 Å². The maximum atomic E-state index is 12.2. The number of halogens is 1. The van der Waals surface area contributed by atoms with Gasteiger partial charge in [-0.3, -0.25) is 4.79 Å². The van der Waals surface area contributed by atoms with E-state index in [1.54, 1.807) is 12.4 Å². The van der Waals surface area contributed by atoms with Gasteiger partial charge in [0.25, 0.3) is 5.91 Å². The molecule has 7 heteroatoms. The normalized spacial score (nSPS) is 11.2. The summed E-state index contributed by atoms with van der Waals surface area (Å²) in [7, 11) is 0. The fourth-order valence-corrected chi connectivity index (χ4v) is 3.17. The summed E-state index contributed by atoms with van der Waals surface area (Å²) >= 11 is 6.01. The summed E-state index contributed by atoms with van der Waals surface area (Å²) in [4.78, 5) is 16.6. The third-order valence-corrected chi connectivity index (χ3v) is 4.20. The van der Waals surface area contributed by atoms with Crippen LogP contribution in [0.15, 0.2) is 30.6 Å². The van der Waals surface area contributed by atoms with Gasteiger partial charge in [0, 0.05) is 16.5 Å². The van der Waals surface area contributed by atoms with Crippen LogP contribution in [0.4, 0.5) is 5.69 Å². The second-order valence-electron chi connectivity index (χ2n) is 6.53. The summed E-state index contributed by atoms with van der Waals surface area (Å²) in [6.07, 6.45) is 3.37. The van der Waals surface area contributed by atoms with Gasteiger partial charge in [0.1, 0.15) is 5.75 Å². The zero-order valence-electron chi connectivity index (χ0n) is 15.2. The van der Waals surface area contributed by atoms with Crippen LogP contribution in [0.25, 0.3) is 11.0 Å². The standard InChI is InChI=1S/C19H21ClN4O2/c1-11(2)24-19-14(8-22-24)7-16(9-21-19)23-17(25)10-26-18-12(3)5-15(20)6-13(18)4/h5-9,11H,10H2,1-4H3,(H,23,25). The zero-order valence-corrected chi connectivity index (χ0v) is 16.0. The number of rotatable bonds is 5. The van der Waals surface area contributed by atoms with Crippen molar-refractivity contribution in [3.63, 3.8) is 0 Å². The van der Waals surface area contributed by atoms with Crippen molar-refractivity contribution < 1.29 is 9.53 Å². The molecule has 1 amide bonds. The fourth-order valence-electron chi connectivity index (χ4n) is 2.85. The summed E-state index contributed by atoms with van der Waals surface area (Å²) in [6.45, 7) is 7.79. The molecule has 0 spiro atoms. The highest BCUT2D eigenvalue weighted by Gasteiger charge is 2.11. The number of amides is 1. The van der Waals surface area contributed by atoms with Crippen LogP contribution >= 0.6 is 11.6 Å². The van der Waals surface area contributed by atoms with Crippen LogP contribution in [0.1, 0.15) is 31.0 Å².